The summed E-state index contributed by atoms with van der Waals surface area (Å²) in [6.45, 7) is 6.03. The highest BCUT2D eigenvalue weighted by molar-refractivity contribution is 6.30. The van der Waals surface area contributed by atoms with Gasteiger partial charge in [-0.1, -0.05) is 55.8 Å². The second-order valence-corrected chi connectivity index (χ2v) is 7.59. The van der Waals surface area contributed by atoms with E-state index in [-0.39, 0.29) is 30.8 Å². The van der Waals surface area contributed by atoms with Crippen molar-refractivity contribution in [2.75, 3.05) is 0 Å². The van der Waals surface area contributed by atoms with Crippen LogP contribution >= 0.6 is 11.6 Å². The Morgan fingerprint density at radius 2 is 1.72 bits per heavy atom. The lowest BCUT2D eigenvalue weighted by Gasteiger charge is -2.31. The van der Waals surface area contributed by atoms with E-state index in [4.69, 9.17) is 11.6 Å². The van der Waals surface area contributed by atoms with Gasteiger partial charge in [0.2, 0.25) is 11.8 Å². The molecule has 2 atom stereocenters. The highest BCUT2D eigenvalue weighted by Gasteiger charge is 2.29. The Balaban J connectivity index is 2.29. The number of carbonyl (C=O) groups is 2. The van der Waals surface area contributed by atoms with Crippen LogP contribution in [0.2, 0.25) is 5.02 Å². The average Bonchev–Trinajstić information content (AvgIpc) is 2.70. The van der Waals surface area contributed by atoms with Crippen molar-refractivity contribution in [2.24, 2.45) is 0 Å². The number of amides is 2. The van der Waals surface area contributed by atoms with Gasteiger partial charge in [-0.15, -0.1) is 0 Å². The molecule has 2 amide bonds. The Hall–Kier alpha value is -2.40. The van der Waals surface area contributed by atoms with E-state index in [1.54, 1.807) is 30.3 Å². The van der Waals surface area contributed by atoms with Crippen molar-refractivity contribution in [3.05, 3.63) is 70.5 Å². The number of rotatable bonds is 9. The Bertz CT molecular complexity index is 826. The molecule has 156 valence electrons. The van der Waals surface area contributed by atoms with Crippen LogP contribution in [0.15, 0.2) is 48.5 Å². The molecule has 2 aromatic carbocycles. The second-order valence-electron chi connectivity index (χ2n) is 7.16. The predicted octanol–water partition coefficient (Wildman–Crippen LogP) is 4.74. The van der Waals surface area contributed by atoms with Crippen molar-refractivity contribution in [3.8, 4) is 0 Å². The number of carbonyl (C=O) groups excluding carboxylic acids is 2. The maximum Gasteiger partial charge on any atom is 0.243 e. The topological polar surface area (TPSA) is 49.4 Å². The van der Waals surface area contributed by atoms with Gasteiger partial charge in [-0.25, -0.2) is 4.39 Å². The fourth-order valence-corrected chi connectivity index (χ4v) is 3.18. The number of nitrogens with zero attached hydrogens (tertiary/aromatic N) is 1. The Kier molecular flexibility index (Phi) is 8.65. The van der Waals surface area contributed by atoms with E-state index in [2.05, 4.69) is 5.32 Å². The zero-order chi connectivity index (χ0) is 21.4. The minimum Gasteiger partial charge on any atom is -0.352 e. The fraction of sp³-hybridized carbons (Fsp3) is 0.391. The Morgan fingerprint density at radius 3 is 2.31 bits per heavy atom. The summed E-state index contributed by atoms with van der Waals surface area (Å²) in [5.74, 6) is -0.918. The molecule has 0 bridgehead atoms. The van der Waals surface area contributed by atoms with E-state index in [9.17, 15) is 14.0 Å². The van der Waals surface area contributed by atoms with Gasteiger partial charge in [-0.2, -0.15) is 0 Å². The van der Waals surface area contributed by atoms with Crippen molar-refractivity contribution < 1.29 is 14.0 Å². The molecule has 0 radical (unpaired) electrons. The molecule has 0 aromatic heterocycles. The third-order valence-corrected chi connectivity index (χ3v) is 5.20. The van der Waals surface area contributed by atoms with Gasteiger partial charge in [0, 0.05) is 17.6 Å². The molecule has 0 aliphatic carbocycles. The molecular formula is C23H28ClFN2O2. The largest absolute Gasteiger partial charge is 0.352 e. The van der Waals surface area contributed by atoms with Crippen LogP contribution in [0.1, 0.15) is 44.7 Å². The van der Waals surface area contributed by atoms with Crippen LogP contribution in [0.25, 0.3) is 0 Å². The molecule has 0 fully saturated rings. The first kappa shape index (κ1) is 22.9. The van der Waals surface area contributed by atoms with Crippen LogP contribution in [0.5, 0.6) is 0 Å². The molecule has 2 rings (SSSR count). The fourth-order valence-electron chi connectivity index (χ4n) is 3.05. The predicted molar refractivity (Wildman–Crippen MR) is 114 cm³/mol. The van der Waals surface area contributed by atoms with E-state index < -0.39 is 11.9 Å². The van der Waals surface area contributed by atoms with Crippen LogP contribution in [0.3, 0.4) is 0 Å². The van der Waals surface area contributed by atoms with Crippen LogP contribution in [-0.4, -0.2) is 28.8 Å². The zero-order valence-electron chi connectivity index (χ0n) is 17.1. The molecule has 29 heavy (non-hydrogen) atoms. The molecule has 0 spiro atoms. The Morgan fingerprint density at radius 1 is 1.07 bits per heavy atom. The average molecular weight is 419 g/mol. The van der Waals surface area contributed by atoms with E-state index in [0.29, 0.717) is 17.0 Å². The highest BCUT2D eigenvalue weighted by atomic mass is 35.5. The summed E-state index contributed by atoms with van der Waals surface area (Å²) in [6, 6.07) is 12.7. The molecular weight excluding hydrogens is 391 g/mol. The van der Waals surface area contributed by atoms with Gasteiger partial charge < -0.3 is 10.2 Å². The SMILES string of the molecule is CC[C@H](C(=O)N[C@@H](C)CC)N(Cc1ccc(Cl)cc1)C(=O)Cc1ccccc1F. The van der Waals surface area contributed by atoms with Crippen molar-refractivity contribution in [1.29, 1.82) is 0 Å². The monoisotopic (exact) mass is 418 g/mol. The molecule has 0 saturated carbocycles. The number of benzene rings is 2. The van der Waals surface area contributed by atoms with Gasteiger partial charge in [0.25, 0.3) is 0 Å². The first-order valence-corrected chi connectivity index (χ1v) is 10.3. The zero-order valence-corrected chi connectivity index (χ0v) is 17.9. The summed E-state index contributed by atoms with van der Waals surface area (Å²) in [4.78, 5) is 27.5. The first-order valence-electron chi connectivity index (χ1n) is 9.93. The number of hydrogen-bond acceptors (Lipinski definition) is 2. The first-order chi connectivity index (χ1) is 13.8. The van der Waals surface area contributed by atoms with Gasteiger partial charge in [-0.3, -0.25) is 9.59 Å². The lowest BCUT2D eigenvalue weighted by atomic mass is 10.1. The molecule has 0 aliphatic rings. The normalized spacial score (nSPS) is 12.9. The third kappa shape index (κ3) is 6.57. The second kappa shape index (κ2) is 11.0. The summed E-state index contributed by atoms with van der Waals surface area (Å²) < 4.78 is 14.1. The minimum atomic E-state index is -0.640. The van der Waals surface area contributed by atoms with Gasteiger partial charge in [0.05, 0.1) is 6.42 Å². The molecule has 6 heteroatoms. The molecule has 0 heterocycles. The van der Waals surface area contributed by atoms with E-state index in [1.165, 1.54) is 11.0 Å². The van der Waals surface area contributed by atoms with Crippen LogP contribution < -0.4 is 5.32 Å². The smallest absolute Gasteiger partial charge is 0.243 e. The van der Waals surface area contributed by atoms with Crippen LogP contribution in [-0.2, 0) is 22.6 Å². The maximum atomic E-state index is 14.1. The standard InChI is InChI=1S/C23H28ClFN2O2/c1-4-16(3)26-23(29)21(5-2)27(15-17-10-12-19(24)13-11-17)22(28)14-18-8-6-7-9-20(18)25/h6-13,16,21H,4-5,14-15H2,1-3H3,(H,26,29)/t16-,21+/m0/s1. The van der Waals surface area contributed by atoms with E-state index >= 15 is 0 Å². The van der Waals surface area contributed by atoms with E-state index in [1.807, 2.05) is 32.9 Å². The minimum absolute atomic E-state index is 0.00982. The lowest BCUT2D eigenvalue weighted by molar-refractivity contribution is -0.141. The number of halogens is 2. The summed E-state index contributed by atoms with van der Waals surface area (Å²) in [7, 11) is 0. The van der Waals surface area contributed by atoms with Crippen molar-refractivity contribution >= 4 is 23.4 Å². The van der Waals surface area contributed by atoms with Gasteiger partial charge in [-0.05, 0) is 49.1 Å². The van der Waals surface area contributed by atoms with E-state index in [0.717, 1.165) is 12.0 Å². The molecule has 4 nitrogen and oxygen atoms in total. The summed E-state index contributed by atoms with van der Waals surface area (Å²) >= 11 is 5.96. The number of hydrogen-bond donors (Lipinski definition) is 1. The third-order valence-electron chi connectivity index (χ3n) is 4.95. The van der Waals surface area contributed by atoms with Gasteiger partial charge >= 0.3 is 0 Å². The lowest BCUT2D eigenvalue weighted by Crippen LogP contribution is -2.51. The van der Waals surface area contributed by atoms with Gasteiger partial charge in [0.15, 0.2) is 0 Å². The Labute approximate surface area is 177 Å². The quantitative estimate of drug-likeness (QED) is 0.639. The summed E-state index contributed by atoms with van der Waals surface area (Å²) in [5.41, 5.74) is 1.17. The molecule has 0 aliphatic heterocycles. The van der Waals surface area contributed by atoms with Crippen molar-refractivity contribution in [2.45, 2.75) is 58.7 Å². The molecule has 0 saturated heterocycles. The van der Waals surface area contributed by atoms with Gasteiger partial charge in [0.1, 0.15) is 11.9 Å². The maximum absolute atomic E-state index is 14.1. The summed E-state index contributed by atoms with van der Waals surface area (Å²) in [6.07, 6.45) is 1.15. The molecule has 2 aromatic rings. The molecule has 1 N–H and O–H groups in total. The number of nitrogens with one attached hydrogen (secondary N) is 1. The molecule has 0 unspecified atom stereocenters. The van der Waals surface area contributed by atoms with Crippen LogP contribution in [0.4, 0.5) is 4.39 Å². The van der Waals surface area contributed by atoms with Crippen molar-refractivity contribution in [1.82, 2.24) is 10.2 Å². The highest BCUT2D eigenvalue weighted by Crippen LogP contribution is 2.18. The van der Waals surface area contributed by atoms with Crippen molar-refractivity contribution in [3.63, 3.8) is 0 Å². The van der Waals surface area contributed by atoms with Crippen LogP contribution in [0, 0.1) is 5.82 Å². The summed E-state index contributed by atoms with van der Waals surface area (Å²) in [5, 5.41) is 3.55.